The molecule has 0 aliphatic heterocycles. The molecule has 7 heavy (non-hydrogen) atoms. The summed E-state index contributed by atoms with van der Waals surface area (Å²) in [6.45, 7) is 0. The van der Waals surface area contributed by atoms with Gasteiger partial charge in [-0.1, -0.05) is 0 Å². The summed E-state index contributed by atoms with van der Waals surface area (Å²) < 4.78 is 8.66. The van der Waals surface area contributed by atoms with Crippen LogP contribution in [0.1, 0.15) is 0 Å². The van der Waals surface area contributed by atoms with E-state index in [4.69, 9.17) is 19.2 Å². The Hall–Kier alpha value is 1.06. The smallest absolute Gasteiger partial charge is 0.790 e. The molecular weight excluding hydrogens is 189 g/mol. The van der Waals surface area contributed by atoms with Crippen LogP contribution in [0.25, 0.3) is 0 Å². The molecule has 0 aliphatic carbocycles. The van der Waals surface area contributed by atoms with Crippen molar-refractivity contribution in [3.63, 3.8) is 0 Å². The SMILES string of the molecule is O=P([O-])([O-])O.P.[Cu+2]. The Morgan fingerprint density at radius 3 is 1.43 bits per heavy atom. The second-order valence-electron chi connectivity index (χ2n) is 0.469. The largest absolute Gasteiger partial charge is 2.00 e. The van der Waals surface area contributed by atoms with Crippen LogP contribution in [0.3, 0.4) is 0 Å². The van der Waals surface area contributed by atoms with E-state index in [-0.39, 0.29) is 27.0 Å². The first-order chi connectivity index (χ1) is 2.00. The van der Waals surface area contributed by atoms with Gasteiger partial charge in [0.2, 0.25) is 0 Å². The van der Waals surface area contributed by atoms with E-state index < -0.39 is 7.82 Å². The quantitative estimate of drug-likeness (QED) is 0.352. The van der Waals surface area contributed by atoms with Crippen LogP contribution >= 0.6 is 17.7 Å². The fraction of sp³-hybridized carbons (Fsp3) is 0. The van der Waals surface area contributed by atoms with Crippen molar-refractivity contribution in [1.82, 2.24) is 0 Å². The van der Waals surface area contributed by atoms with Crippen LogP contribution < -0.4 is 9.79 Å². The average Bonchev–Trinajstić information content (AvgIpc) is 0.722. The fourth-order valence-corrected chi connectivity index (χ4v) is 0. The Labute approximate surface area is 54.7 Å². The second-order valence-corrected chi connectivity index (χ2v) is 1.41. The molecule has 1 radical (unpaired) electrons. The molecule has 4 nitrogen and oxygen atoms in total. The van der Waals surface area contributed by atoms with Crippen molar-refractivity contribution < 1.29 is 36.3 Å². The minimum atomic E-state index is -5.14. The molecule has 0 fully saturated rings. The number of hydrogen-bond donors (Lipinski definition) is 1. The minimum absolute atomic E-state index is 0. The van der Waals surface area contributed by atoms with Gasteiger partial charge in [0, 0.05) is 0 Å². The predicted octanol–water partition coefficient (Wildman–Crippen LogP) is -2.14. The van der Waals surface area contributed by atoms with Gasteiger partial charge in [-0.15, -0.1) is 0 Å². The molecule has 0 heterocycles. The molecular formula is H4CuO4P2. The normalized spacial score (nSPS) is 8.43. The molecule has 49 valence electrons. The minimum Gasteiger partial charge on any atom is -0.790 e. The monoisotopic (exact) mass is 193 g/mol. The van der Waals surface area contributed by atoms with Crippen LogP contribution in [0, 0.1) is 0 Å². The molecule has 0 aromatic carbocycles. The van der Waals surface area contributed by atoms with E-state index in [9.17, 15) is 0 Å². The summed E-state index contributed by atoms with van der Waals surface area (Å²) in [4.78, 5) is 24.3. The van der Waals surface area contributed by atoms with E-state index in [2.05, 4.69) is 0 Å². The topological polar surface area (TPSA) is 83.4 Å². The van der Waals surface area contributed by atoms with Crippen molar-refractivity contribution in [3.8, 4) is 0 Å². The predicted molar refractivity (Wildman–Crippen MR) is 20.9 cm³/mol. The van der Waals surface area contributed by atoms with E-state index in [0.717, 1.165) is 0 Å². The van der Waals surface area contributed by atoms with E-state index in [0.29, 0.717) is 0 Å². The van der Waals surface area contributed by atoms with E-state index in [1.54, 1.807) is 0 Å². The Morgan fingerprint density at radius 1 is 1.43 bits per heavy atom. The average molecular weight is 194 g/mol. The third-order valence-corrected chi connectivity index (χ3v) is 0. The van der Waals surface area contributed by atoms with Gasteiger partial charge in [0.15, 0.2) is 0 Å². The van der Waals surface area contributed by atoms with Gasteiger partial charge in [-0.2, -0.15) is 9.90 Å². The second kappa shape index (κ2) is 5.20. The maximum Gasteiger partial charge on any atom is 2.00 e. The van der Waals surface area contributed by atoms with E-state index in [1.807, 2.05) is 0 Å². The molecule has 1 unspecified atom stereocenters. The molecule has 0 aliphatic rings. The molecule has 7 heteroatoms. The molecule has 0 saturated heterocycles. The molecule has 0 saturated carbocycles. The fourth-order valence-electron chi connectivity index (χ4n) is 0. The summed E-state index contributed by atoms with van der Waals surface area (Å²) >= 11 is 0. The molecule has 1 N–H and O–H groups in total. The molecule has 0 aromatic rings. The summed E-state index contributed by atoms with van der Waals surface area (Å²) in [5, 5.41) is 0. The van der Waals surface area contributed by atoms with Crippen LogP contribution in [0.4, 0.5) is 0 Å². The Bertz CT molecular complexity index is 55.8. The van der Waals surface area contributed by atoms with Gasteiger partial charge in [0.1, 0.15) is 0 Å². The van der Waals surface area contributed by atoms with Crippen LogP contribution in [-0.4, -0.2) is 4.89 Å². The van der Waals surface area contributed by atoms with Gasteiger partial charge < -0.3 is 19.2 Å². The summed E-state index contributed by atoms with van der Waals surface area (Å²) in [7, 11) is -5.14. The van der Waals surface area contributed by atoms with Gasteiger partial charge in [0.05, 0.1) is 7.82 Å². The van der Waals surface area contributed by atoms with Crippen molar-refractivity contribution in [2.75, 3.05) is 0 Å². The van der Waals surface area contributed by atoms with Gasteiger partial charge in [-0.3, -0.25) is 0 Å². The third-order valence-electron chi connectivity index (χ3n) is 0. The first kappa shape index (κ1) is 15.7. The van der Waals surface area contributed by atoms with Crippen molar-refractivity contribution in [1.29, 1.82) is 0 Å². The summed E-state index contributed by atoms with van der Waals surface area (Å²) in [5.74, 6) is 0. The van der Waals surface area contributed by atoms with E-state index in [1.165, 1.54) is 0 Å². The standard InChI is InChI=1S/Cu.H3O4P.H3P/c;1-5(2,3)4;/h;(H3,1,2,3,4);1H3/q+2;;/p-2. The van der Waals surface area contributed by atoms with Crippen molar-refractivity contribution in [3.05, 3.63) is 0 Å². The number of phosphoric acid groups is 1. The van der Waals surface area contributed by atoms with Crippen LogP contribution in [0.15, 0.2) is 0 Å². The van der Waals surface area contributed by atoms with E-state index >= 15 is 0 Å². The first-order valence-electron chi connectivity index (χ1n) is 0.748. The molecule has 0 aromatic heterocycles. The zero-order chi connectivity index (χ0) is 4.50. The van der Waals surface area contributed by atoms with Crippen molar-refractivity contribution >= 4 is 17.7 Å². The summed E-state index contributed by atoms with van der Waals surface area (Å²) in [6, 6.07) is 0. The first-order valence-corrected chi connectivity index (χ1v) is 2.24. The third kappa shape index (κ3) is 161. The van der Waals surface area contributed by atoms with Crippen LogP contribution in [-0.2, 0) is 21.6 Å². The zero-order valence-electron chi connectivity index (χ0n) is 3.13. The molecule has 0 rings (SSSR count). The maximum atomic E-state index is 8.66. The van der Waals surface area contributed by atoms with Gasteiger partial charge in [-0.05, 0) is 0 Å². The summed E-state index contributed by atoms with van der Waals surface area (Å²) in [6.07, 6.45) is 0. The maximum absolute atomic E-state index is 8.66. The van der Waals surface area contributed by atoms with Gasteiger partial charge in [-0.25, -0.2) is 0 Å². The molecule has 0 bridgehead atoms. The van der Waals surface area contributed by atoms with Crippen molar-refractivity contribution in [2.24, 2.45) is 0 Å². The molecule has 1 atom stereocenters. The van der Waals surface area contributed by atoms with Crippen molar-refractivity contribution in [2.45, 2.75) is 0 Å². The molecule has 0 amide bonds. The molecule has 0 spiro atoms. The summed E-state index contributed by atoms with van der Waals surface area (Å²) in [5.41, 5.74) is 0. The van der Waals surface area contributed by atoms with Crippen LogP contribution in [0.5, 0.6) is 0 Å². The number of hydrogen-bond acceptors (Lipinski definition) is 3. The zero-order valence-corrected chi connectivity index (χ0v) is 6.38. The van der Waals surface area contributed by atoms with Crippen LogP contribution in [0.2, 0.25) is 0 Å². The van der Waals surface area contributed by atoms with Gasteiger partial charge >= 0.3 is 17.1 Å². The van der Waals surface area contributed by atoms with Gasteiger partial charge in [0.25, 0.3) is 0 Å². The Morgan fingerprint density at radius 2 is 1.43 bits per heavy atom. The Kier molecular flexibility index (Phi) is 11.7. The Balaban J connectivity index is -0.0000000800. The number of rotatable bonds is 0.